The predicted octanol–water partition coefficient (Wildman–Crippen LogP) is 1.62. The average Bonchev–Trinajstić information content (AvgIpc) is 2.43. The molecular formula is C8H9ClF3N3O. The van der Waals surface area contributed by atoms with Crippen LogP contribution in [0.2, 0.25) is 5.15 Å². The molecule has 1 rings (SSSR count). The zero-order valence-electron chi connectivity index (χ0n) is 8.31. The molecule has 0 aliphatic heterocycles. The van der Waals surface area contributed by atoms with Crippen molar-refractivity contribution in [1.29, 1.82) is 0 Å². The van der Waals surface area contributed by atoms with Gasteiger partial charge in [-0.25, -0.2) is 0 Å². The van der Waals surface area contributed by atoms with Gasteiger partial charge in [-0.05, 0) is 6.54 Å². The van der Waals surface area contributed by atoms with Crippen LogP contribution in [0, 0.1) is 0 Å². The number of nitrogens with zero attached hydrogens (tertiary/aromatic N) is 2. The normalized spacial score (nSPS) is 11.9. The van der Waals surface area contributed by atoms with Crippen molar-refractivity contribution in [2.24, 2.45) is 12.8 Å². The Hall–Kier alpha value is -1.08. The summed E-state index contributed by atoms with van der Waals surface area (Å²) in [6.45, 7) is -0.0403. The fraction of sp³-hybridized carbons (Fsp3) is 0.500. The summed E-state index contributed by atoms with van der Waals surface area (Å²) in [4.78, 5) is 11.4. The number of hydrogen-bond acceptors (Lipinski definition) is 3. The third-order valence-electron chi connectivity index (χ3n) is 1.90. The van der Waals surface area contributed by atoms with Crippen molar-refractivity contribution >= 4 is 17.4 Å². The first kappa shape index (κ1) is 13.0. The van der Waals surface area contributed by atoms with Crippen molar-refractivity contribution in [2.75, 3.05) is 6.54 Å². The van der Waals surface area contributed by atoms with Crippen LogP contribution in [0.15, 0.2) is 0 Å². The van der Waals surface area contributed by atoms with Gasteiger partial charge in [-0.3, -0.25) is 9.48 Å². The van der Waals surface area contributed by atoms with Gasteiger partial charge in [0.2, 0.25) is 0 Å². The number of rotatable bonds is 3. The van der Waals surface area contributed by atoms with E-state index in [-0.39, 0.29) is 18.1 Å². The Balaban J connectivity index is 3.30. The number of halogens is 4. The molecule has 0 aromatic carbocycles. The number of alkyl halides is 3. The number of aromatic nitrogens is 2. The molecule has 1 aromatic rings. The minimum Gasteiger partial charge on any atom is -0.330 e. The Morgan fingerprint density at radius 3 is 2.56 bits per heavy atom. The number of carbonyl (C=O) groups excluding carboxylic acids is 1. The molecular weight excluding hydrogens is 247 g/mol. The van der Waals surface area contributed by atoms with Crippen LogP contribution in [-0.2, 0) is 13.2 Å². The SMILES string of the molecule is Cn1nc(C(F)(F)F)c(C(=O)CCN)c1Cl. The van der Waals surface area contributed by atoms with Crippen molar-refractivity contribution in [3.8, 4) is 0 Å². The standard InChI is InChI=1S/C8H9ClF3N3O/c1-15-7(9)5(4(16)2-3-13)6(14-15)8(10,11)12/h2-3,13H2,1H3. The molecule has 0 bridgehead atoms. The molecule has 2 N–H and O–H groups in total. The van der Waals surface area contributed by atoms with Crippen LogP contribution in [-0.4, -0.2) is 22.1 Å². The molecule has 0 spiro atoms. The minimum atomic E-state index is -4.70. The van der Waals surface area contributed by atoms with Gasteiger partial charge < -0.3 is 5.73 Å². The van der Waals surface area contributed by atoms with Crippen molar-refractivity contribution in [2.45, 2.75) is 12.6 Å². The Kier molecular flexibility index (Phi) is 3.59. The van der Waals surface area contributed by atoms with E-state index in [1.54, 1.807) is 0 Å². The number of nitrogens with two attached hydrogens (primary N) is 1. The zero-order valence-corrected chi connectivity index (χ0v) is 9.06. The van der Waals surface area contributed by atoms with E-state index < -0.39 is 23.2 Å². The highest BCUT2D eigenvalue weighted by atomic mass is 35.5. The maximum atomic E-state index is 12.5. The van der Waals surface area contributed by atoms with Crippen LogP contribution >= 0.6 is 11.6 Å². The second kappa shape index (κ2) is 4.42. The predicted molar refractivity (Wildman–Crippen MR) is 51.2 cm³/mol. The van der Waals surface area contributed by atoms with Gasteiger partial charge in [0, 0.05) is 13.5 Å². The second-order valence-electron chi connectivity index (χ2n) is 3.10. The Morgan fingerprint density at radius 1 is 1.56 bits per heavy atom. The quantitative estimate of drug-likeness (QED) is 0.835. The zero-order chi connectivity index (χ0) is 12.5. The van der Waals surface area contributed by atoms with Crippen LogP contribution in [0.1, 0.15) is 22.5 Å². The Bertz CT molecular complexity index is 413. The molecule has 0 amide bonds. The van der Waals surface area contributed by atoms with Gasteiger partial charge in [0.1, 0.15) is 5.15 Å². The number of aryl methyl sites for hydroxylation is 1. The van der Waals surface area contributed by atoms with Gasteiger partial charge in [0.15, 0.2) is 11.5 Å². The summed E-state index contributed by atoms with van der Waals surface area (Å²) in [5, 5.41) is 2.85. The van der Waals surface area contributed by atoms with Gasteiger partial charge in [0.05, 0.1) is 5.56 Å². The molecule has 8 heteroatoms. The molecule has 0 radical (unpaired) electrons. The van der Waals surface area contributed by atoms with Crippen LogP contribution < -0.4 is 5.73 Å². The number of Topliss-reactive ketones (excluding diaryl/α,β-unsaturated/α-hetero) is 1. The van der Waals surface area contributed by atoms with Gasteiger partial charge in [-0.2, -0.15) is 18.3 Å². The number of hydrogen-bond donors (Lipinski definition) is 1. The fourth-order valence-corrected chi connectivity index (χ4v) is 1.44. The molecule has 4 nitrogen and oxygen atoms in total. The molecule has 0 aliphatic carbocycles. The van der Waals surface area contributed by atoms with Crippen LogP contribution in [0.5, 0.6) is 0 Å². The molecule has 0 aliphatic rings. The van der Waals surface area contributed by atoms with E-state index >= 15 is 0 Å². The van der Waals surface area contributed by atoms with Gasteiger partial charge in [-0.1, -0.05) is 11.6 Å². The fourth-order valence-electron chi connectivity index (χ4n) is 1.21. The lowest BCUT2D eigenvalue weighted by Crippen LogP contribution is -2.15. The monoisotopic (exact) mass is 255 g/mol. The summed E-state index contributed by atoms with van der Waals surface area (Å²) in [5.74, 6) is -0.757. The topological polar surface area (TPSA) is 60.9 Å². The summed E-state index contributed by atoms with van der Waals surface area (Å²) in [7, 11) is 1.23. The maximum absolute atomic E-state index is 12.5. The third kappa shape index (κ3) is 2.35. The number of carbonyl (C=O) groups is 1. The molecule has 0 unspecified atom stereocenters. The summed E-state index contributed by atoms with van der Waals surface area (Å²) >= 11 is 5.59. The van der Waals surface area contributed by atoms with E-state index in [0.717, 1.165) is 4.68 Å². The first-order valence-electron chi connectivity index (χ1n) is 4.32. The lowest BCUT2D eigenvalue weighted by molar-refractivity contribution is -0.141. The van der Waals surface area contributed by atoms with E-state index in [4.69, 9.17) is 17.3 Å². The molecule has 0 saturated heterocycles. The van der Waals surface area contributed by atoms with Gasteiger partial charge in [0.25, 0.3) is 0 Å². The second-order valence-corrected chi connectivity index (χ2v) is 3.46. The smallest absolute Gasteiger partial charge is 0.330 e. The van der Waals surface area contributed by atoms with Crippen LogP contribution in [0.25, 0.3) is 0 Å². The molecule has 0 saturated carbocycles. The van der Waals surface area contributed by atoms with E-state index in [2.05, 4.69) is 5.10 Å². The third-order valence-corrected chi connectivity index (χ3v) is 2.33. The summed E-state index contributed by atoms with van der Waals surface area (Å²) in [5.41, 5.74) is 3.24. The highest BCUT2D eigenvalue weighted by molar-refractivity contribution is 6.33. The summed E-state index contributed by atoms with van der Waals surface area (Å²) < 4.78 is 38.4. The van der Waals surface area contributed by atoms with Gasteiger partial charge in [-0.15, -0.1) is 0 Å². The Labute approximate surface area is 94.2 Å². The molecule has 90 valence electrons. The van der Waals surface area contributed by atoms with Crippen LogP contribution in [0.4, 0.5) is 13.2 Å². The van der Waals surface area contributed by atoms with Crippen molar-refractivity contribution < 1.29 is 18.0 Å². The van der Waals surface area contributed by atoms with Crippen molar-refractivity contribution in [1.82, 2.24) is 9.78 Å². The van der Waals surface area contributed by atoms with Crippen molar-refractivity contribution in [3.05, 3.63) is 16.4 Å². The lowest BCUT2D eigenvalue weighted by atomic mass is 10.1. The average molecular weight is 256 g/mol. The minimum absolute atomic E-state index is 0.0403. The first-order valence-corrected chi connectivity index (χ1v) is 4.69. The number of ketones is 1. The molecule has 0 atom stereocenters. The van der Waals surface area contributed by atoms with Crippen molar-refractivity contribution in [3.63, 3.8) is 0 Å². The van der Waals surface area contributed by atoms with E-state index in [0.29, 0.717) is 0 Å². The molecule has 0 fully saturated rings. The van der Waals surface area contributed by atoms with Gasteiger partial charge >= 0.3 is 6.18 Å². The molecule has 1 aromatic heterocycles. The van der Waals surface area contributed by atoms with E-state index in [9.17, 15) is 18.0 Å². The molecule has 1 heterocycles. The first-order chi connectivity index (χ1) is 7.29. The van der Waals surface area contributed by atoms with E-state index in [1.165, 1.54) is 7.05 Å². The maximum Gasteiger partial charge on any atom is 0.435 e. The Morgan fingerprint density at radius 2 is 2.12 bits per heavy atom. The lowest BCUT2D eigenvalue weighted by Gasteiger charge is -2.04. The summed E-state index contributed by atoms with van der Waals surface area (Å²) in [6, 6.07) is 0. The van der Waals surface area contributed by atoms with E-state index in [1.807, 2.05) is 0 Å². The highest BCUT2D eigenvalue weighted by Gasteiger charge is 2.40. The van der Waals surface area contributed by atoms with Crippen LogP contribution in [0.3, 0.4) is 0 Å². The largest absolute Gasteiger partial charge is 0.435 e. The molecule has 16 heavy (non-hydrogen) atoms. The highest BCUT2D eigenvalue weighted by Crippen LogP contribution is 2.34. The summed E-state index contributed by atoms with van der Waals surface area (Å²) in [6.07, 6.45) is -4.90.